The second kappa shape index (κ2) is 5.31. The lowest BCUT2D eigenvalue weighted by molar-refractivity contribution is 0.650. The van der Waals surface area contributed by atoms with Gasteiger partial charge in [-0.15, -0.1) is 0 Å². The molecule has 0 amide bonds. The SMILES string of the molecule is Cn1ccc(Cn2cc(-c3ccc(Cl)cc3Cl)cn2)n1. The van der Waals surface area contributed by atoms with Crippen molar-refractivity contribution in [1.29, 1.82) is 0 Å². The van der Waals surface area contributed by atoms with Crippen molar-refractivity contribution in [2.75, 3.05) is 0 Å². The van der Waals surface area contributed by atoms with Gasteiger partial charge in [0.2, 0.25) is 0 Å². The molecule has 0 aliphatic rings. The quantitative estimate of drug-likeness (QED) is 0.740. The standard InChI is InChI=1S/C14H12Cl2N4/c1-19-5-4-12(18-19)9-20-8-10(7-17-20)13-3-2-11(15)6-14(13)16/h2-8H,9H2,1H3. The second-order valence-corrected chi connectivity index (χ2v) is 5.38. The van der Waals surface area contributed by atoms with Crippen LogP contribution in [0.25, 0.3) is 11.1 Å². The molecule has 20 heavy (non-hydrogen) atoms. The molecular formula is C14H12Cl2N4. The maximum atomic E-state index is 6.20. The minimum absolute atomic E-state index is 0.620. The summed E-state index contributed by atoms with van der Waals surface area (Å²) < 4.78 is 3.61. The first-order valence-electron chi connectivity index (χ1n) is 6.08. The van der Waals surface area contributed by atoms with E-state index in [4.69, 9.17) is 23.2 Å². The summed E-state index contributed by atoms with van der Waals surface area (Å²) in [6, 6.07) is 7.41. The van der Waals surface area contributed by atoms with Gasteiger partial charge >= 0.3 is 0 Å². The van der Waals surface area contributed by atoms with E-state index in [9.17, 15) is 0 Å². The summed E-state index contributed by atoms with van der Waals surface area (Å²) in [5.74, 6) is 0. The minimum Gasteiger partial charge on any atom is -0.275 e. The van der Waals surface area contributed by atoms with Crippen LogP contribution >= 0.6 is 23.2 Å². The molecule has 3 rings (SSSR count). The van der Waals surface area contributed by atoms with E-state index in [0.717, 1.165) is 16.8 Å². The third kappa shape index (κ3) is 2.71. The zero-order valence-corrected chi connectivity index (χ0v) is 12.3. The van der Waals surface area contributed by atoms with E-state index in [2.05, 4.69) is 10.2 Å². The Morgan fingerprint density at radius 2 is 2.05 bits per heavy atom. The summed E-state index contributed by atoms with van der Waals surface area (Å²) in [7, 11) is 1.89. The molecule has 0 aliphatic heterocycles. The molecule has 0 bridgehead atoms. The van der Waals surface area contributed by atoms with Crippen LogP contribution in [0.2, 0.25) is 10.0 Å². The molecule has 0 saturated heterocycles. The third-order valence-electron chi connectivity index (χ3n) is 2.97. The van der Waals surface area contributed by atoms with Crippen LogP contribution < -0.4 is 0 Å². The molecule has 0 unspecified atom stereocenters. The number of halogens is 2. The van der Waals surface area contributed by atoms with Gasteiger partial charge in [-0.3, -0.25) is 9.36 Å². The third-order valence-corrected chi connectivity index (χ3v) is 3.52. The van der Waals surface area contributed by atoms with Gasteiger partial charge in [0.1, 0.15) is 0 Å². The molecule has 0 atom stereocenters. The van der Waals surface area contributed by atoms with Crippen LogP contribution in [-0.2, 0) is 13.6 Å². The fourth-order valence-electron chi connectivity index (χ4n) is 2.03. The highest BCUT2D eigenvalue weighted by Gasteiger charge is 2.07. The predicted molar refractivity (Wildman–Crippen MR) is 80.0 cm³/mol. The Balaban J connectivity index is 1.86. The molecule has 0 spiro atoms. The maximum Gasteiger partial charge on any atom is 0.0850 e. The van der Waals surface area contributed by atoms with Crippen LogP contribution in [0.4, 0.5) is 0 Å². The summed E-state index contributed by atoms with van der Waals surface area (Å²) in [6.07, 6.45) is 5.65. The number of hydrogen-bond acceptors (Lipinski definition) is 2. The highest BCUT2D eigenvalue weighted by atomic mass is 35.5. The Labute approximate surface area is 126 Å². The normalized spacial score (nSPS) is 10.9. The van der Waals surface area contributed by atoms with Crippen molar-refractivity contribution in [3.8, 4) is 11.1 Å². The average Bonchev–Trinajstić information content (AvgIpc) is 2.99. The summed E-state index contributed by atoms with van der Waals surface area (Å²) in [5, 5.41) is 9.91. The lowest BCUT2D eigenvalue weighted by Crippen LogP contribution is -2.01. The first-order valence-corrected chi connectivity index (χ1v) is 6.84. The van der Waals surface area contributed by atoms with Gasteiger partial charge in [0, 0.05) is 40.6 Å². The maximum absolute atomic E-state index is 6.20. The number of hydrogen-bond donors (Lipinski definition) is 0. The molecule has 1 aromatic carbocycles. The molecule has 2 aromatic heterocycles. The molecular weight excluding hydrogens is 295 g/mol. The lowest BCUT2D eigenvalue weighted by atomic mass is 10.1. The monoisotopic (exact) mass is 306 g/mol. The Morgan fingerprint density at radius 3 is 2.75 bits per heavy atom. The van der Waals surface area contributed by atoms with Crippen molar-refractivity contribution in [1.82, 2.24) is 19.6 Å². The second-order valence-electron chi connectivity index (χ2n) is 4.53. The summed E-state index contributed by atoms with van der Waals surface area (Å²) >= 11 is 12.1. The van der Waals surface area contributed by atoms with Gasteiger partial charge in [0.05, 0.1) is 18.4 Å². The van der Waals surface area contributed by atoms with Crippen molar-refractivity contribution in [3.63, 3.8) is 0 Å². The van der Waals surface area contributed by atoms with E-state index < -0.39 is 0 Å². The number of nitrogens with zero attached hydrogens (tertiary/aromatic N) is 4. The van der Waals surface area contributed by atoms with Gasteiger partial charge in [0.25, 0.3) is 0 Å². The fourth-order valence-corrected chi connectivity index (χ4v) is 2.54. The zero-order chi connectivity index (χ0) is 14.1. The Bertz CT molecular complexity index is 745. The number of aryl methyl sites for hydroxylation is 1. The number of rotatable bonds is 3. The molecule has 102 valence electrons. The molecule has 2 heterocycles. The predicted octanol–water partition coefficient (Wildman–Crippen LogP) is 3.64. The van der Waals surface area contributed by atoms with E-state index in [1.54, 1.807) is 16.9 Å². The van der Waals surface area contributed by atoms with Crippen molar-refractivity contribution in [2.45, 2.75) is 6.54 Å². The molecule has 0 N–H and O–H groups in total. The summed E-state index contributed by atoms with van der Waals surface area (Å²) in [5.41, 5.74) is 2.84. The van der Waals surface area contributed by atoms with Gasteiger partial charge in [0.15, 0.2) is 0 Å². The zero-order valence-electron chi connectivity index (χ0n) is 10.8. The van der Waals surface area contributed by atoms with E-state index in [1.807, 2.05) is 42.3 Å². The van der Waals surface area contributed by atoms with Crippen LogP contribution in [0.1, 0.15) is 5.69 Å². The van der Waals surface area contributed by atoms with Crippen molar-refractivity contribution in [3.05, 3.63) is 58.6 Å². The summed E-state index contributed by atoms with van der Waals surface area (Å²) in [6.45, 7) is 0.631. The smallest absolute Gasteiger partial charge is 0.0850 e. The number of aromatic nitrogens is 4. The van der Waals surface area contributed by atoms with Crippen LogP contribution in [-0.4, -0.2) is 19.6 Å². The van der Waals surface area contributed by atoms with E-state index in [-0.39, 0.29) is 0 Å². The Kier molecular flexibility index (Phi) is 3.51. The van der Waals surface area contributed by atoms with E-state index in [1.165, 1.54) is 0 Å². The Hall–Kier alpha value is -1.78. The Morgan fingerprint density at radius 1 is 1.20 bits per heavy atom. The molecule has 3 aromatic rings. The highest BCUT2D eigenvalue weighted by Crippen LogP contribution is 2.29. The van der Waals surface area contributed by atoms with Gasteiger partial charge in [-0.2, -0.15) is 10.2 Å². The molecule has 0 fully saturated rings. The van der Waals surface area contributed by atoms with Crippen molar-refractivity contribution < 1.29 is 0 Å². The van der Waals surface area contributed by atoms with Gasteiger partial charge < -0.3 is 0 Å². The molecule has 0 radical (unpaired) electrons. The molecule has 6 heteroatoms. The van der Waals surface area contributed by atoms with Gasteiger partial charge in [-0.1, -0.05) is 29.3 Å². The molecule has 0 saturated carbocycles. The molecule has 0 aliphatic carbocycles. The van der Waals surface area contributed by atoms with Crippen LogP contribution in [0, 0.1) is 0 Å². The number of benzene rings is 1. The lowest BCUT2D eigenvalue weighted by Gasteiger charge is -2.01. The average molecular weight is 307 g/mol. The van der Waals surface area contributed by atoms with Crippen molar-refractivity contribution in [2.24, 2.45) is 7.05 Å². The first-order chi connectivity index (χ1) is 9.61. The topological polar surface area (TPSA) is 35.6 Å². The largest absolute Gasteiger partial charge is 0.275 e. The van der Waals surface area contributed by atoms with E-state index >= 15 is 0 Å². The van der Waals surface area contributed by atoms with Crippen LogP contribution in [0.3, 0.4) is 0 Å². The van der Waals surface area contributed by atoms with Gasteiger partial charge in [-0.05, 0) is 18.2 Å². The highest BCUT2D eigenvalue weighted by molar-refractivity contribution is 6.36. The van der Waals surface area contributed by atoms with Crippen LogP contribution in [0.15, 0.2) is 42.9 Å². The first kappa shape index (κ1) is 13.2. The van der Waals surface area contributed by atoms with Crippen molar-refractivity contribution >= 4 is 23.2 Å². The van der Waals surface area contributed by atoms with Gasteiger partial charge in [-0.25, -0.2) is 0 Å². The minimum atomic E-state index is 0.620. The summed E-state index contributed by atoms with van der Waals surface area (Å²) in [4.78, 5) is 0. The molecule has 4 nitrogen and oxygen atoms in total. The fraction of sp³-hybridized carbons (Fsp3) is 0.143. The van der Waals surface area contributed by atoms with Crippen LogP contribution in [0.5, 0.6) is 0 Å². The van der Waals surface area contributed by atoms with E-state index in [0.29, 0.717) is 16.6 Å².